The second kappa shape index (κ2) is 7.67. The van der Waals surface area contributed by atoms with Crippen LogP contribution in [-0.2, 0) is 22.7 Å². The first-order valence-electron chi connectivity index (χ1n) is 9.21. The molecule has 0 aliphatic heterocycles. The molecule has 0 fully saturated rings. The van der Waals surface area contributed by atoms with Crippen molar-refractivity contribution in [2.75, 3.05) is 5.32 Å². The van der Waals surface area contributed by atoms with Crippen molar-refractivity contribution < 1.29 is 18.0 Å². The summed E-state index contributed by atoms with van der Waals surface area (Å²) in [6.45, 7) is 5.35. The summed E-state index contributed by atoms with van der Waals surface area (Å²) < 4.78 is 24.8. The van der Waals surface area contributed by atoms with Crippen molar-refractivity contribution >= 4 is 38.0 Å². The summed E-state index contributed by atoms with van der Waals surface area (Å²) >= 11 is 1.38. The summed E-state index contributed by atoms with van der Waals surface area (Å²) in [7, 11) is -3.49. The van der Waals surface area contributed by atoms with E-state index in [1.54, 1.807) is 26.0 Å². The summed E-state index contributed by atoms with van der Waals surface area (Å²) in [5.74, 6) is -0.498. The lowest BCUT2D eigenvalue weighted by Gasteiger charge is -2.18. The van der Waals surface area contributed by atoms with Crippen LogP contribution in [-0.4, -0.2) is 25.5 Å². The highest BCUT2D eigenvalue weighted by atomic mass is 32.2. The minimum absolute atomic E-state index is 0.101. The van der Waals surface area contributed by atoms with Gasteiger partial charge in [-0.2, -0.15) is 0 Å². The van der Waals surface area contributed by atoms with Crippen molar-refractivity contribution in [3.8, 4) is 0 Å². The maximum atomic E-state index is 12.8. The van der Waals surface area contributed by atoms with Crippen LogP contribution < -0.4 is 11.1 Å². The van der Waals surface area contributed by atoms with Gasteiger partial charge < -0.3 is 11.1 Å². The molecule has 0 saturated carbocycles. The van der Waals surface area contributed by atoms with Crippen LogP contribution in [0, 0.1) is 5.92 Å². The fraction of sp³-hybridized carbons (Fsp3) is 0.400. The molecule has 3 N–H and O–H groups in total. The Balaban J connectivity index is 1.93. The van der Waals surface area contributed by atoms with E-state index in [4.69, 9.17) is 5.73 Å². The number of nitrogens with two attached hydrogens (primary N) is 1. The first kappa shape index (κ1) is 20.5. The quantitative estimate of drug-likeness (QED) is 0.773. The molecule has 1 aliphatic rings. The van der Waals surface area contributed by atoms with E-state index in [9.17, 15) is 18.0 Å². The zero-order chi connectivity index (χ0) is 20.6. The minimum atomic E-state index is -3.49. The minimum Gasteiger partial charge on any atom is -0.365 e. The summed E-state index contributed by atoms with van der Waals surface area (Å²) in [5, 5.41) is 2.63. The Bertz CT molecular complexity index is 1040. The molecule has 150 valence electrons. The number of hydrogen-bond donors (Lipinski definition) is 2. The van der Waals surface area contributed by atoms with Gasteiger partial charge in [-0.3, -0.25) is 9.59 Å². The van der Waals surface area contributed by atoms with Gasteiger partial charge in [-0.15, -0.1) is 11.3 Å². The number of nitrogens with one attached hydrogen (secondary N) is 1. The van der Waals surface area contributed by atoms with Gasteiger partial charge in [0.05, 0.1) is 15.7 Å². The SMILES string of the molecule is CC(C)S(=O)(=O)c1cccc(C(=O)Nc2sc3c(c2C(N)=O)CC[C@@H](C)C3)c1. The summed E-state index contributed by atoms with van der Waals surface area (Å²) in [4.78, 5) is 26.0. The average Bonchev–Trinajstić information content (AvgIpc) is 2.98. The van der Waals surface area contributed by atoms with E-state index in [1.807, 2.05) is 0 Å². The van der Waals surface area contributed by atoms with E-state index >= 15 is 0 Å². The van der Waals surface area contributed by atoms with Gasteiger partial charge in [-0.25, -0.2) is 8.42 Å². The lowest BCUT2D eigenvalue weighted by Crippen LogP contribution is -2.20. The molecule has 8 heteroatoms. The lowest BCUT2D eigenvalue weighted by atomic mass is 9.88. The van der Waals surface area contributed by atoms with Gasteiger partial charge in [0, 0.05) is 10.4 Å². The van der Waals surface area contributed by atoms with Crippen LogP contribution in [0.4, 0.5) is 5.00 Å². The smallest absolute Gasteiger partial charge is 0.256 e. The first-order chi connectivity index (χ1) is 13.1. The molecule has 1 aromatic heterocycles. The number of thiophene rings is 1. The molecule has 1 heterocycles. The maximum Gasteiger partial charge on any atom is 0.256 e. The molecular formula is C20H24N2O4S2. The fourth-order valence-corrected chi connectivity index (χ4v) is 5.88. The molecule has 1 aliphatic carbocycles. The Labute approximate surface area is 169 Å². The molecular weight excluding hydrogens is 396 g/mol. The van der Waals surface area contributed by atoms with E-state index in [2.05, 4.69) is 12.2 Å². The zero-order valence-electron chi connectivity index (χ0n) is 16.1. The number of anilines is 1. The molecule has 1 atom stereocenters. The van der Waals surface area contributed by atoms with Crippen LogP contribution in [0.15, 0.2) is 29.2 Å². The average molecular weight is 421 g/mol. The normalized spacial score (nSPS) is 16.6. The van der Waals surface area contributed by atoms with Crippen LogP contribution in [0.5, 0.6) is 0 Å². The molecule has 0 spiro atoms. The summed E-state index contributed by atoms with van der Waals surface area (Å²) in [6, 6.07) is 5.94. The van der Waals surface area contributed by atoms with Gasteiger partial charge in [-0.05, 0) is 62.8 Å². The van der Waals surface area contributed by atoms with Crippen molar-refractivity contribution in [3.05, 3.63) is 45.8 Å². The van der Waals surface area contributed by atoms with Crippen molar-refractivity contribution in [1.82, 2.24) is 0 Å². The van der Waals surface area contributed by atoms with E-state index in [1.165, 1.54) is 23.5 Å². The van der Waals surface area contributed by atoms with Crippen LogP contribution in [0.3, 0.4) is 0 Å². The van der Waals surface area contributed by atoms with Crippen molar-refractivity contribution in [3.63, 3.8) is 0 Å². The fourth-order valence-electron chi connectivity index (χ4n) is 3.36. The Morgan fingerprint density at radius 3 is 2.64 bits per heavy atom. The standard InChI is InChI=1S/C20H24N2O4S2/c1-11(2)28(25,26)14-6-4-5-13(10-14)19(24)22-20-17(18(21)23)15-8-7-12(3)9-16(15)27-20/h4-6,10-12H,7-9H2,1-3H3,(H2,21,23)(H,22,24)/t12-/m1/s1. The molecule has 0 saturated heterocycles. The third kappa shape index (κ3) is 3.84. The third-order valence-electron chi connectivity index (χ3n) is 5.03. The van der Waals surface area contributed by atoms with E-state index < -0.39 is 26.9 Å². The number of carbonyl (C=O) groups excluding carboxylic acids is 2. The molecule has 0 bridgehead atoms. The van der Waals surface area contributed by atoms with Crippen molar-refractivity contribution in [2.24, 2.45) is 11.7 Å². The summed E-state index contributed by atoms with van der Waals surface area (Å²) in [5.41, 5.74) is 7.12. The number of sulfone groups is 1. The van der Waals surface area contributed by atoms with Crippen molar-refractivity contribution in [2.45, 2.75) is 50.2 Å². The lowest BCUT2D eigenvalue weighted by molar-refractivity contribution is 0.1000. The largest absolute Gasteiger partial charge is 0.365 e. The molecule has 2 aromatic rings. The number of hydrogen-bond acceptors (Lipinski definition) is 5. The van der Waals surface area contributed by atoms with Crippen LogP contribution >= 0.6 is 11.3 Å². The topological polar surface area (TPSA) is 106 Å². The predicted molar refractivity (Wildman–Crippen MR) is 111 cm³/mol. The molecule has 0 radical (unpaired) electrons. The second-order valence-corrected chi connectivity index (χ2v) is 11.1. The number of carbonyl (C=O) groups is 2. The number of primary amides is 1. The third-order valence-corrected chi connectivity index (χ3v) is 8.35. The number of rotatable bonds is 5. The molecule has 0 unspecified atom stereocenters. The summed E-state index contributed by atoms with van der Waals surface area (Å²) in [6.07, 6.45) is 2.61. The number of benzene rings is 1. The molecule has 3 rings (SSSR count). The first-order valence-corrected chi connectivity index (χ1v) is 11.6. The Morgan fingerprint density at radius 1 is 1.29 bits per heavy atom. The zero-order valence-corrected chi connectivity index (χ0v) is 17.7. The highest BCUT2D eigenvalue weighted by molar-refractivity contribution is 7.92. The Kier molecular flexibility index (Phi) is 5.63. The number of fused-ring (bicyclic) bond motifs is 1. The Morgan fingerprint density at radius 2 is 2.00 bits per heavy atom. The second-order valence-electron chi connectivity index (χ2n) is 7.50. The van der Waals surface area contributed by atoms with Gasteiger partial charge in [0.2, 0.25) is 0 Å². The van der Waals surface area contributed by atoms with Gasteiger partial charge in [0.25, 0.3) is 11.8 Å². The molecule has 6 nitrogen and oxygen atoms in total. The van der Waals surface area contributed by atoms with E-state index in [-0.39, 0.29) is 10.5 Å². The van der Waals surface area contributed by atoms with E-state index in [0.29, 0.717) is 16.5 Å². The highest BCUT2D eigenvalue weighted by Gasteiger charge is 2.28. The van der Waals surface area contributed by atoms with Gasteiger partial charge >= 0.3 is 0 Å². The van der Waals surface area contributed by atoms with Crippen LogP contribution in [0.1, 0.15) is 58.3 Å². The number of amides is 2. The van der Waals surface area contributed by atoms with Crippen LogP contribution in [0.2, 0.25) is 0 Å². The van der Waals surface area contributed by atoms with E-state index in [0.717, 1.165) is 29.7 Å². The van der Waals surface area contributed by atoms with Crippen molar-refractivity contribution in [1.29, 1.82) is 0 Å². The van der Waals surface area contributed by atoms with Gasteiger partial charge in [-0.1, -0.05) is 13.0 Å². The highest BCUT2D eigenvalue weighted by Crippen LogP contribution is 2.39. The van der Waals surface area contributed by atoms with Gasteiger partial charge in [0.1, 0.15) is 5.00 Å². The Hall–Kier alpha value is -2.19. The molecule has 28 heavy (non-hydrogen) atoms. The van der Waals surface area contributed by atoms with Gasteiger partial charge in [0.15, 0.2) is 9.84 Å². The monoisotopic (exact) mass is 420 g/mol. The maximum absolute atomic E-state index is 12.8. The molecule has 2 amide bonds. The van der Waals surface area contributed by atoms with Crippen LogP contribution in [0.25, 0.3) is 0 Å². The molecule has 1 aromatic carbocycles. The predicted octanol–water partition coefficient (Wildman–Crippen LogP) is 3.41.